The highest BCUT2D eigenvalue weighted by atomic mass is 16.5. The van der Waals surface area contributed by atoms with Gasteiger partial charge in [0.2, 0.25) is 5.78 Å². The Morgan fingerprint density at radius 2 is 1.57 bits per heavy atom. The van der Waals surface area contributed by atoms with Crippen LogP contribution in [0, 0.1) is 5.92 Å². The summed E-state index contributed by atoms with van der Waals surface area (Å²) in [6.07, 6.45) is 2.23. The fourth-order valence-electron chi connectivity index (χ4n) is 4.52. The number of nitrogens with one attached hydrogen (secondary N) is 1. The van der Waals surface area contributed by atoms with Crippen molar-refractivity contribution in [3.63, 3.8) is 0 Å². The Bertz CT molecular complexity index is 1390. The van der Waals surface area contributed by atoms with E-state index in [1.807, 2.05) is 33.8 Å². The average molecular weight is 575 g/mol. The van der Waals surface area contributed by atoms with Gasteiger partial charge in [-0.1, -0.05) is 61.9 Å². The lowest BCUT2D eigenvalue weighted by Gasteiger charge is -2.26. The van der Waals surface area contributed by atoms with E-state index < -0.39 is 41.6 Å². The van der Waals surface area contributed by atoms with E-state index in [4.69, 9.17) is 9.47 Å². The summed E-state index contributed by atoms with van der Waals surface area (Å²) in [5, 5.41) is 2.34. The van der Waals surface area contributed by atoms with Crippen LogP contribution in [-0.4, -0.2) is 53.6 Å². The van der Waals surface area contributed by atoms with Crippen LogP contribution in [-0.2, 0) is 28.7 Å². The van der Waals surface area contributed by atoms with E-state index >= 15 is 0 Å². The fourth-order valence-corrected chi connectivity index (χ4v) is 4.52. The Morgan fingerprint density at radius 1 is 0.929 bits per heavy atom. The van der Waals surface area contributed by atoms with E-state index in [2.05, 4.69) is 5.32 Å². The van der Waals surface area contributed by atoms with E-state index in [0.717, 1.165) is 10.5 Å². The SMILES string of the molecule is CCOC(=O)[C@H](C)NC(=O)C(=O)C(c1ccccc1)N1C(=O)C(CC(C)C)=C(c2ccc(OCC=C(C)C)cc2)C1=O. The van der Waals surface area contributed by atoms with Crippen molar-refractivity contribution in [2.45, 2.75) is 60.0 Å². The number of amides is 3. The minimum absolute atomic E-state index is 0.0259. The van der Waals surface area contributed by atoms with Crippen LogP contribution in [0.25, 0.3) is 5.57 Å². The zero-order valence-corrected chi connectivity index (χ0v) is 24.9. The molecule has 0 bridgehead atoms. The smallest absolute Gasteiger partial charge is 0.328 e. The summed E-state index contributed by atoms with van der Waals surface area (Å²) in [6.45, 7) is 11.3. The highest BCUT2D eigenvalue weighted by molar-refractivity contribution is 6.42. The summed E-state index contributed by atoms with van der Waals surface area (Å²) in [4.78, 5) is 67.6. The van der Waals surface area contributed by atoms with E-state index in [9.17, 15) is 24.0 Å². The first-order valence-corrected chi connectivity index (χ1v) is 14.0. The van der Waals surface area contributed by atoms with Gasteiger partial charge in [0.15, 0.2) is 0 Å². The number of Topliss-reactive ketones (excluding diaryl/α,β-unsaturated/α-hetero) is 1. The van der Waals surface area contributed by atoms with Crippen LogP contribution in [0.15, 0.2) is 71.8 Å². The number of benzene rings is 2. The molecule has 0 aliphatic carbocycles. The highest BCUT2D eigenvalue weighted by Crippen LogP contribution is 2.38. The van der Waals surface area contributed by atoms with Gasteiger partial charge in [0.25, 0.3) is 17.7 Å². The molecule has 3 rings (SSSR count). The molecule has 2 aromatic rings. The van der Waals surface area contributed by atoms with E-state index in [1.54, 1.807) is 61.5 Å². The largest absolute Gasteiger partial charge is 0.490 e. The molecule has 1 N–H and O–H groups in total. The Labute approximate surface area is 246 Å². The molecule has 3 amide bonds. The van der Waals surface area contributed by atoms with Crippen molar-refractivity contribution in [3.8, 4) is 5.75 Å². The van der Waals surface area contributed by atoms with Crippen LogP contribution in [0.5, 0.6) is 5.75 Å². The first-order valence-electron chi connectivity index (χ1n) is 14.0. The maximum absolute atomic E-state index is 14.0. The predicted molar refractivity (Wildman–Crippen MR) is 158 cm³/mol. The monoisotopic (exact) mass is 574 g/mol. The molecule has 1 aliphatic rings. The van der Waals surface area contributed by atoms with Crippen molar-refractivity contribution in [2.24, 2.45) is 5.92 Å². The third kappa shape index (κ3) is 7.60. The fraction of sp³-hybridized carbons (Fsp3) is 0.364. The normalized spacial score (nSPS) is 14.5. The second-order valence-corrected chi connectivity index (χ2v) is 10.7. The Morgan fingerprint density at radius 3 is 2.14 bits per heavy atom. The lowest BCUT2D eigenvalue weighted by atomic mass is 9.95. The van der Waals surface area contributed by atoms with Crippen molar-refractivity contribution in [1.82, 2.24) is 10.2 Å². The Balaban J connectivity index is 2.00. The molecular weight excluding hydrogens is 536 g/mol. The molecule has 9 heteroatoms. The highest BCUT2D eigenvalue weighted by Gasteiger charge is 2.47. The summed E-state index contributed by atoms with van der Waals surface area (Å²) in [5.74, 6) is -3.56. The number of hydrogen-bond donors (Lipinski definition) is 1. The minimum Gasteiger partial charge on any atom is -0.490 e. The Hall–Kier alpha value is -4.53. The number of carbonyl (C=O) groups excluding carboxylic acids is 5. The molecule has 2 aromatic carbocycles. The molecule has 0 spiro atoms. The van der Waals surface area contributed by atoms with Crippen molar-refractivity contribution in [1.29, 1.82) is 0 Å². The summed E-state index contributed by atoms with van der Waals surface area (Å²) < 4.78 is 10.7. The van der Waals surface area contributed by atoms with Gasteiger partial charge in [0.05, 0.1) is 12.2 Å². The second-order valence-electron chi connectivity index (χ2n) is 10.7. The van der Waals surface area contributed by atoms with Crippen LogP contribution in [0.4, 0.5) is 0 Å². The average Bonchev–Trinajstić information content (AvgIpc) is 3.18. The van der Waals surface area contributed by atoms with Crippen molar-refractivity contribution in [3.05, 3.63) is 82.9 Å². The van der Waals surface area contributed by atoms with Crippen molar-refractivity contribution in [2.75, 3.05) is 13.2 Å². The number of hydrogen-bond acceptors (Lipinski definition) is 7. The van der Waals surface area contributed by atoms with Gasteiger partial charge < -0.3 is 14.8 Å². The van der Waals surface area contributed by atoms with Crippen molar-refractivity contribution >= 4 is 35.0 Å². The molecule has 222 valence electrons. The summed E-state index contributed by atoms with van der Waals surface area (Å²) in [6, 6.07) is 12.4. The lowest BCUT2D eigenvalue weighted by molar-refractivity contribution is -0.151. The van der Waals surface area contributed by atoms with Gasteiger partial charge in [-0.2, -0.15) is 0 Å². The second kappa shape index (κ2) is 14.4. The van der Waals surface area contributed by atoms with Crippen LogP contribution >= 0.6 is 0 Å². The molecule has 1 unspecified atom stereocenters. The molecule has 0 radical (unpaired) electrons. The van der Waals surface area contributed by atoms with Gasteiger partial charge in [-0.3, -0.25) is 24.1 Å². The lowest BCUT2D eigenvalue weighted by Crippen LogP contribution is -2.48. The number of imide groups is 1. The predicted octanol–water partition coefficient (Wildman–Crippen LogP) is 4.58. The van der Waals surface area contributed by atoms with Gasteiger partial charge in [0.1, 0.15) is 24.4 Å². The number of ether oxygens (including phenoxy) is 2. The maximum atomic E-state index is 14.0. The third-order valence-corrected chi connectivity index (χ3v) is 6.54. The Kier molecular flexibility index (Phi) is 11.0. The molecule has 1 heterocycles. The van der Waals surface area contributed by atoms with Gasteiger partial charge in [-0.15, -0.1) is 0 Å². The molecule has 42 heavy (non-hydrogen) atoms. The van der Waals surface area contributed by atoms with Gasteiger partial charge in [0, 0.05) is 5.57 Å². The molecule has 0 saturated carbocycles. The zero-order chi connectivity index (χ0) is 31.0. The molecule has 9 nitrogen and oxygen atoms in total. The molecule has 2 atom stereocenters. The van der Waals surface area contributed by atoms with E-state index in [-0.39, 0.29) is 35.7 Å². The zero-order valence-electron chi connectivity index (χ0n) is 24.9. The van der Waals surface area contributed by atoms with Gasteiger partial charge in [-0.05, 0) is 69.4 Å². The van der Waals surface area contributed by atoms with Gasteiger partial charge in [-0.25, -0.2) is 4.79 Å². The van der Waals surface area contributed by atoms with E-state index in [0.29, 0.717) is 17.9 Å². The van der Waals surface area contributed by atoms with Crippen LogP contribution in [0.1, 0.15) is 65.1 Å². The third-order valence-electron chi connectivity index (χ3n) is 6.54. The van der Waals surface area contributed by atoms with Crippen LogP contribution < -0.4 is 10.1 Å². The molecule has 0 fully saturated rings. The molecule has 1 aliphatic heterocycles. The first-order chi connectivity index (χ1) is 20.0. The first kappa shape index (κ1) is 32.0. The maximum Gasteiger partial charge on any atom is 0.328 e. The summed E-state index contributed by atoms with van der Waals surface area (Å²) in [5.41, 5.74) is 2.36. The summed E-state index contributed by atoms with van der Waals surface area (Å²) in [7, 11) is 0. The van der Waals surface area contributed by atoms with Crippen molar-refractivity contribution < 1.29 is 33.4 Å². The number of esters is 1. The molecule has 0 saturated heterocycles. The minimum atomic E-state index is -1.54. The summed E-state index contributed by atoms with van der Waals surface area (Å²) >= 11 is 0. The number of allylic oxidation sites excluding steroid dienone is 1. The molecular formula is C33H38N2O7. The molecule has 0 aromatic heterocycles. The number of carbonyl (C=O) groups is 5. The van der Waals surface area contributed by atoms with Crippen LogP contribution in [0.3, 0.4) is 0 Å². The number of nitrogens with zero attached hydrogens (tertiary/aromatic N) is 1. The quantitative estimate of drug-likeness (QED) is 0.161. The standard InChI is InChI=1S/C33H38N2O7/c1-7-41-33(40)22(6)34-30(37)29(36)28(24-11-9-8-10-12-24)35-31(38)26(19-21(4)5)27(32(35)39)23-13-15-25(16-14-23)42-18-17-20(2)3/h8-17,21-22,28H,7,18-19H2,1-6H3,(H,34,37)/t22-,28?/m0/s1. The van der Waals surface area contributed by atoms with E-state index in [1.165, 1.54) is 6.92 Å². The topological polar surface area (TPSA) is 119 Å². The van der Waals surface area contributed by atoms with Gasteiger partial charge >= 0.3 is 5.97 Å². The number of rotatable bonds is 13. The number of ketones is 1. The van der Waals surface area contributed by atoms with Crippen LogP contribution in [0.2, 0.25) is 0 Å².